The fourth-order valence-corrected chi connectivity index (χ4v) is 17.1. The van der Waals surface area contributed by atoms with Crippen LogP contribution in [-0.2, 0) is 10.8 Å². The summed E-state index contributed by atoms with van der Waals surface area (Å²) in [5, 5.41) is 3.03. The SMILES string of the molecule is Cc1cc2c3c(c1)-n1c4ccc(C56CC(C)CC(CC(C)C5)C6)cc4c4cc(C56CC7CC(CC(C7)C5)C6)cc(c41)B3N1c3ccccc3Sc3cccc-2c31. The van der Waals surface area contributed by atoms with Crippen LogP contribution in [0.5, 0.6) is 0 Å². The Morgan fingerprint density at radius 3 is 2.05 bits per heavy atom. The molecule has 0 amide bonds. The van der Waals surface area contributed by atoms with E-state index in [4.69, 9.17) is 0 Å². The van der Waals surface area contributed by atoms with E-state index < -0.39 is 0 Å². The highest BCUT2D eigenvalue weighted by molar-refractivity contribution is 7.99. The summed E-state index contributed by atoms with van der Waals surface area (Å²) in [5.74, 6) is 5.24. The van der Waals surface area contributed by atoms with E-state index in [0.29, 0.717) is 10.8 Å². The van der Waals surface area contributed by atoms with Crippen molar-refractivity contribution < 1.29 is 0 Å². The average molecular weight is 747 g/mol. The maximum Gasteiger partial charge on any atom is 0.333 e. The summed E-state index contributed by atoms with van der Waals surface area (Å²) < 4.78 is 2.75. The second-order valence-electron chi connectivity index (χ2n) is 20.9. The van der Waals surface area contributed by atoms with Gasteiger partial charge in [-0.2, -0.15) is 0 Å². The highest BCUT2D eigenvalue weighted by Crippen LogP contribution is 2.62. The van der Waals surface area contributed by atoms with Crippen LogP contribution >= 0.6 is 11.8 Å². The van der Waals surface area contributed by atoms with Crippen LogP contribution in [0.15, 0.2) is 94.7 Å². The van der Waals surface area contributed by atoms with Gasteiger partial charge in [0.15, 0.2) is 0 Å². The highest BCUT2D eigenvalue weighted by atomic mass is 32.2. The van der Waals surface area contributed by atoms with Gasteiger partial charge in [-0.15, -0.1) is 0 Å². The highest BCUT2D eigenvalue weighted by Gasteiger charge is 2.53. The maximum atomic E-state index is 2.80. The molecule has 1 aromatic heterocycles. The Bertz CT molecular complexity index is 2680. The molecule has 6 bridgehead atoms. The summed E-state index contributed by atoms with van der Waals surface area (Å²) in [6, 6.07) is 34.9. The van der Waals surface area contributed by atoms with E-state index in [1.54, 1.807) is 16.6 Å². The molecule has 2 nitrogen and oxygen atoms in total. The number of benzene rings is 5. The Morgan fingerprint density at radius 2 is 1.29 bits per heavy atom. The van der Waals surface area contributed by atoms with Gasteiger partial charge in [0, 0.05) is 37.5 Å². The third-order valence-corrected chi connectivity index (χ3v) is 18.1. The molecule has 6 fully saturated rings. The van der Waals surface area contributed by atoms with Crippen molar-refractivity contribution in [2.75, 3.05) is 4.81 Å². The summed E-state index contributed by atoms with van der Waals surface area (Å²) in [4.78, 5) is 5.56. The zero-order valence-electron chi connectivity index (χ0n) is 33.2. The zero-order valence-corrected chi connectivity index (χ0v) is 34.0. The number of nitrogens with zero attached hydrogens (tertiary/aromatic N) is 2. The van der Waals surface area contributed by atoms with Crippen LogP contribution in [0, 0.1) is 42.4 Å². The van der Waals surface area contributed by atoms with Crippen molar-refractivity contribution in [3.63, 3.8) is 0 Å². The number of aryl methyl sites for hydroxylation is 1. The fraction of sp³-hybridized carbons (Fsp3) is 0.423. The van der Waals surface area contributed by atoms with Gasteiger partial charge < -0.3 is 9.38 Å². The second-order valence-corrected chi connectivity index (χ2v) is 22.0. The number of aromatic nitrogens is 1. The first-order chi connectivity index (χ1) is 27.3. The van der Waals surface area contributed by atoms with Crippen LogP contribution in [0.1, 0.15) is 101 Å². The number of fused-ring (bicyclic) bond motifs is 11. The molecule has 6 saturated carbocycles. The van der Waals surface area contributed by atoms with E-state index >= 15 is 0 Å². The van der Waals surface area contributed by atoms with Crippen LogP contribution in [0.2, 0.25) is 0 Å². The molecule has 3 aliphatic heterocycles. The number of anilines is 2. The van der Waals surface area contributed by atoms with Crippen LogP contribution in [0.3, 0.4) is 0 Å². The molecule has 0 spiro atoms. The number of hydrogen-bond donors (Lipinski definition) is 0. The van der Waals surface area contributed by atoms with Gasteiger partial charge in [-0.3, -0.25) is 0 Å². The molecule has 6 aliphatic carbocycles. The van der Waals surface area contributed by atoms with Crippen LogP contribution < -0.4 is 15.7 Å². The molecule has 4 heteroatoms. The first kappa shape index (κ1) is 32.1. The largest absolute Gasteiger partial charge is 0.374 e. The Labute approximate surface area is 336 Å². The Kier molecular flexibility index (Phi) is 6.18. The number of hydrogen-bond acceptors (Lipinski definition) is 2. The van der Waals surface area contributed by atoms with Crippen LogP contribution in [0.25, 0.3) is 38.6 Å². The molecule has 0 saturated heterocycles. The molecule has 9 aliphatic rings. The maximum absolute atomic E-state index is 2.80. The van der Waals surface area contributed by atoms with Gasteiger partial charge in [-0.25, -0.2) is 0 Å². The third kappa shape index (κ3) is 4.08. The van der Waals surface area contributed by atoms with Crippen molar-refractivity contribution in [3.8, 4) is 16.8 Å². The molecular formula is C52H51BN2S. The minimum Gasteiger partial charge on any atom is -0.374 e. The van der Waals surface area contributed by atoms with Gasteiger partial charge in [0.25, 0.3) is 0 Å². The van der Waals surface area contributed by atoms with E-state index in [-0.39, 0.29) is 6.85 Å². The molecule has 15 rings (SSSR count). The first-order valence-corrected chi connectivity index (χ1v) is 23.1. The minimum absolute atomic E-state index is 0.127. The van der Waals surface area contributed by atoms with Gasteiger partial charge in [0.2, 0.25) is 0 Å². The summed E-state index contributed by atoms with van der Waals surface area (Å²) in [6.45, 7) is 7.55. The molecule has 2 unspecified atom stereocenters. The third-order valence-electron chi connectivity index (χ3n) is 17.0. The minimum atomic E-state index is 0.127. The number of rotatable bonds is 2. The summed E-state index contributed by atoms with van der Waals surface area (Å²) in [5.41, 5.74) is 18.2. The molecule has 6 aromatic rings. The molecule has 5 aromatic carbocycles. The lowest BCUT2D eigenvalue weighted by Crippen LogP contribution is -2.61. The van der Waals surface area contributed by atoms with Crippen molar-refractivity contribution in [1.29, 1.82) is 0 Å². The Morgan fingerprint density at radius 1 is 0.607 bits per heavy atom. The lowest BCUT2D eigenvalue weighted by atomic mass is 9.42. The monoisotopic (exact) mass is 746 g/mol. The van der Waals surface area contributed by atoms with Crippen molar-refractivity contribution in [2.24, 2.45) is 35.5 Å². The topological polar surface area (TPSA) is 8.17 Å². The summed E-state index contributed by atoms with van der Waals surface area (Å²) in [7, 11) is 0. The quantitative estimate of drug-likeness (QED) is 0.163. The smallest absolute Gasteiger partial charge is 0.333 e. The van der Waals surface area contributed by atoms with Gasteiger partial charge >= 0.3 is 6.85 Å². The lowest BCUT2D eigenvalue weighted by Gasteiger charge is -2.57. The van der Waals surface area contributed by atoms with Gasteiger partial charge in [0.05, 0.1) is 16.7 Å². The number of para-hydroxylation sites is 2. The van der Waals surface area contributed by atoms with E-state index in [9.17, 15) is 0 Å². The molecule has 278 valence electrons. The summed E-state index contributed by atoms with van der Waals surface area (Å²) in [6.07, 6.45) is 15.6. The lowest BCUT2D eigenvalue weighted by molar-refractivity contribution is -0.00509. The van der Waals surface area contributed by atoms with Crippen molar-refractivity contribution in [3.05, 3.63) is 102 Å². The fourth-order valence-electron chi connectivity index (χ4n) is 16.0. The second kappa shape index (κ2) is 10.8. The molecule has 0 radical (unpaired) electrons. The van der Waals surface area contributed by atoms with Crippen molar-refractivity contribution >= 4 is 62.7 Å². The molecule has 2 atom stereocenters. The average Bonchev–Trinajstić information content (AvgIpc) is 3.50. The van der Waals surface area contributed by atoms with E-state index in [2.05, 4.69) is 115 Å². The molecular weight excluding hydrogens is 695 g/mol. The van der Waals surface area contributed by atoms with E-state index in [1.165, 1.54) is 141 Å². The predicted molar refractivity (Wildman–Crippen MR) is 235 cm³/mol. The Balaban J connectivity index is 1.10. The van der Waals surface area contributed by atoms with Gasteiger partial charge in [-0.05, 0) is 200 Å². The van der Waals surface area contributed by atoms with Crippen molar-refractivity contribution in [1.82, 2.24) is 4.57 Å². The first-order valence-electron chi connectivity index (χ1n) is 22.3. The standard InChI is InChI=1S/C52H51BN2S/c1-29-15-40-38-7-6-10-47-50(38)55(44-8-4-5-9-46(44)56-47)53-42-22-37(52-26-33-17-34(27-52)19-35(18-33)28-52)21-41-39-20-36(51-23-30(2)13-32(25-51)14-31(3)24-51)11-12-43(39)54(49(41)42)45(16-29)48(40)53/h4-12,15-16,20-22,30-35H,13-14,17-19,23-28H2,1-3H3. The molecule has 0 N–H and O–H groups in total. The van der Waals surface area contributed by atoms with Crippen molar-refractivity contribution in [2.45, 2.75) is 112 Å². The Hall–Kier alpha value is -3.89. The predicted octanol–water partition coefficient (Wildman–Crippen LogP) is 12.4. The van der Waals surface area contributed by atoms with Gasteiger partial charge in [-0.1, -0.05) is 68.1 Å². The van der Waals surface area contributed by atoms with Gasteiger partial charge in [0.1, 0.15) is 0 Å². The van der Waals surface area contributed by atoms with Crippen LogP contribution in [-0.4, -0.2) is 11.4 Å². The summed E-state index contributed by atoms with van der Waals surface area (Å²) >= 11 is 1.96. The zero-order chi connectivity index (χ0) is 36.8. The van der Waals surface area contributed by atoms with E-state index in [0.717, 1.165) is 35.5 Å². The molecule has 4 heterocycles. The van der Waals surface area contributed by atoms with E-state index in [1.807, 2.05) is 11.8 Å². The van der Waals surface area contributed by atoms with Crippen LogP contribution in [0.4, 0.5) is 11.4 Å². The molecule has 56 heavy (non-hydrogen) atoms. The normalized spacial score (nSPS) is 32.5.